The Bertz CT molecular complexity index is 2710. The van der Waals surface area contributed by atoms with Crippen molar-refractivity contribution in [3.05, 3.63) is 124 Å². The molecule has 1 unspecified atom stereocenters. The summed E-state index contributed by atoms with van der Waals surface area (Å²) >= 11 is 0. The van der Waals surface area contributed by atoms with Crippen molar-refractivity contribution in [2.75, 3.05) is 101 Å². The van der Waals surface area contributed by atoms with Gasteiger partial charge in [0.05, 0.1) is 75.8 Å². The van der Waals surface area contributed by atoms with Crippen molar-refractivity contribution in [1.29, 1.82) is 0 Å². The highest BCUT2D eigenvalue weighted by Crippen LogP contribution is 2.42. The molecule has 0 aliphatic carbocycles. The number of nitrogens with zero attached hydrogens (tertiary/aromatic N) is 4. The third-order valence-corrected chi connectivity index (χ3v) is 12.9. The zero-order valence-electron chi connectivity index (χ0n) is 43.1. The SMILES string of the molecule is CCCC.CNc1cc(OCc2cc(COc3cc4c(cc3OC)C(=O)N3c5ccccc5CC3C=N4)cc(N(CCCC(N)=O)CCOCCOCCOC)c2)c(OC)cc1C(=O)N1CCc2ccccc21. The van der Waals surface area contributed by atoms with E-state index in [1.807, 2.05) is 72.9 Å². The summed E-state index contributed by atoms with van der Waals surface area (Å²) in [6, 6.07) is 28.7. The minimum atomic E-state index is -0.380. The van der Waals surface area contributed by atoms with Gasteiger partial charge in [0.15, 0.2) is 23.0 Å². The average Bonchev–Trinajstić information content (AvgIpc) is 3.99. The number of nitrogens with one attached hydrogen (secondary N) is 1. The van der Waals surface area contributed by atoms with E-state index in [0.29, 0.717) is 111 Å². The van der Waals surface area contributed by atoms with Gasteiger partial charge in [0, 0.05) is 82.0 Å². The van der Waals surface area contributed by atoms with Gasteiger partial charge in [-0.2, -0.15) is 0 Å². The molecule has 0 aromatic heterocycles. The Morgan fingerprint density at radius 1 is 0.753 bits per heavy atom. The summed E-state index contributed by atoms with van der Waals surface area (Å²) < 4.78 is 41.3. The molecular weight excluding hydrogens is 929 g/mol. The van der Waals surface area contributed by atoms with Gasteiger partial charge in [0.2, 0.25) is 5.91 Å². The molecule has 0 radical (unpaired) electrons. The molecule has 3 heterocycles. The van der Waals surface area contributed by atoms with Crippen LogP contribution in [0.4, 0.5) is 28.4 Å². The second-order valence-electron chi connectivity index (χ2n) is 17.9. The molecule has 3 amide bonds. The maximum atomic E-state index is 14.1. The van der Waals surface area contributed by atoms with Gasteiger partial charge in [0.25, 0.3) is 11.8 Å². The number of nitrogens with two attached hydrogens (primary N) is 1. The van der Waals surface area contributed by atoms with Crippen molar-refractivity contribution in [3.8, 4) is 23.0 Å². The highest BCUT2D eigenvalue weighted by atomic mass is 16.5. The van der Waals surface area contributed by atoms with E-state index in [4.69, 9.17) is 43.9 Å². The molecule has 1 atom stereocenters. The summed E-state index contributed by atoms with van der Waals surface area (Å²) in [5.74, 6) is 0.982. The fourth-order valence-corrected chi connectivity index (χ4v) is 8.97. The summed E-state index contributed by atoms with van der Waals surface area (Å²) in [5.41, 5.74) is 14.0. The Balaban J connectivity index is 0.00000188. The van der Waals surface area contributed by atoms with Gasteiger partial charge < -0.3 is 54.0 Å². The molecule has 388 valence electrons. The van der Waals surface area contributed by atoms with Crippen LogP contribution >= 0.6 is 0 Å². The Morgan fingerprint density at radius 2 is 1.40 bits per heavy atom. The number of benzene rings is 5. The first-order valence-electron chi connectivity index (χ1n) is 25.1. The number of methoxy groups -OCH3 is 3. The molecular formula is C57H70N6O10. The number of ether oxygens (including phenoxy) is 7. The Hall–Kier alpha value is -7.14. The van der Waals surface area contributed by atoms with Gasteiger partial charge in [-0.1, -0.05) is 63.1 Å². The number of rotatable bonds is 25. The molecule has 3 aliphatic rings. The predicted molar refractivity (Wildman–Crippen MR) is 286 cm³/mol. The van der Waals surface area contributed by atoms with Crippen LogP contribution in [-0.2, 0) is 45.1 Å². The van der Waals surface area contributed by atoms with Crippen LogP contribution in [-0.4, -0.2) is 111 Å². The number of carbonyl (C=O) groups is 3. The molecule has 16 heteroatoms. The van der Waals surface area contributed by atoms with Gasteiger partial charge in [-0.3, -0.25) is 24.3 Å². The number of carbonyl (C=O) groups excluding carboxylic acids is 3. The van der Waals surface area contributed by atoms with E-state index in [-0.39, 0.29) is 43.4 Å². The second-order valence-corrected chi connectivity index (χ2v) is 17.9. The standard InChI is InChI=1S/C53H60N6O10.C4H10/c1-55-43-30-49(47(64-3)28-41(43)52(61)58-17-15-37-10-5-7-12-45(37)58)68-33-35-24-36(26-39(25-35)57(16-9-14-51(54)60)18-19-66-22-23-67-21-20-63-2)34-69-50-31-44-42(29-48(50)65-4)53(62)59-40(32-56-44)27-38-11-6-8-13-46(38)59;1-3-4-2/h5-8,10-13,24-26,28-32,40,55H,9,14-23,27,33-34H2,1-4H3,(H2,54,60);3-4H2,1-2H3. The van der Waals surface area contributed by atoms with Gasteiger partial charge >= 0.3 is 0 Å². The molecule has 0 fully saturated rings. The topological polar surface area (TPSA) is 176 Å². The first-order valence-corrected chi connectivity index (χ1v) is 25.1. The van der Waals surface area contributed by atoms with E-state index in [1.54, 1.807) is 62.4 Å². The van der Waals surface area contributed by atoms with Gasteiger partial charge in [-0.05, 0) is 77.6 Å². The second kappa shape index (κ2) is 26.5. The normalized spacial score (nSPS) is 14.0. The number of amides is 3. The van der Waals surface area contributed by atoms with Crippen LogP contribution in [0.3, 0.4) is 0 Å². The van der Waals surface area contributed by atoms with Gasteiger partial charge in [-0.25, -0.2) is 0 Å². The fraction of sp³-hybridized carbons (Fsp3) is 0.404. The predicted octanol–water partition coefficient (Wildman–Crippen LogP) is 8.95. The molecule has 5 aromatic rings. The summed E-state index contributed by atoms with van der Waals surface area (Å²) in [6.07, 6.45) is 6.67. The lowest BCUT2D eigenvalue weighted by Crippen LogP contribution is -2.37. The maximum absolute atomic E-state index is 14.1. The molecule has 0 saturated heterocycles. The van der Waals surface area contributed by atoms with Crippen molar-refractivity contribution in [3.63, 3.8) is 0 Å². The number of unbranched alkanes of at least 4 members (excludes halogenated alkanes) is 1. The van der Waals surface area contributed by atoms with E-state index in [0.717, 1.165) is 45.7 Å². The van der Waals surface area contributed by atoms with Crippen LogP contribution in [0.25, 0.3) is 0 Å². The molecule has 0 saturated carbocycles. The lowest BCUT2D eigenvalue weighted by Gasteiger charge is -2.26. The highest BCUT2D eigenvalue weighted by molar-refractivity contribution is 6.15. The molecule has 0 spiro atoms. The zero-order valence-corrected chi connectivity index (χ0v) is 43.1. The monoisotopic (exact) mass is 999 g/mol. The number of hydrogen-bond donors (Lipinski definition) is 2. The van der Waals surface area contributed by atoms with Crippen LogP contribution in [0.1, 0.15) is 82.5 Å². The summed E-state index contributed by atoms with van der Waals surface area (Å²) in [7, 11) is 6.49. The first-order chi connectivity index (χ1) is 35.6. The lowest BCUT2D eigenvalue weighted by atomic mass is 10.1. The smallest absolute Gasteiger partial charge is 0.261 e. The first kappa shape index (κ1) is 53.7. The highest BCUT2D eigenvalue weighted by Gasteiger charge is 2.36. The fourth-order valence-electron chi connectivity index (χ4n) is 8.97. The molecule has 3 aliphatic heterocycles. The summed E-state index contributed by atoms with van der Waals surface area (Å²) in [6.45, 7) is 8.42. The van der Waals surface area contributed by atoms with Crippen molar-refractivity contribution >= 4 is 52.4 Å². The number of anilines is 4. The van der Waals surface area contributed by atoms with Gasteiger partial charge in [0.1, 0.15) is 13.2 Å². The van der Waals surface area contributed by atoms with Crippen molar-refractivity contribution in [1.82, 2.24) is 0 Å². The Morgan fingerprint density at radius 3 is 2.07 bits per heavy atom. The van der Waals surface area contributed by atoms with Gasteiger partial charge in [-0.15, -0.1) is 0 Å². The number of fused-ring (bicyclic) bond motifs is 5. The van der Waals surface area contributed by atoms with Crippen LogP contribution in [0.2, 0.25) is 0 Å². The molecule has 73 heavy (non-hydrogen) atoms. The molecule has 8 rings (SSSR count). The maximum Gasteiger partial charge on any atom is 0.261 e. The third-order valence-electron chi connectivity index (χ3n) is 12.9. The number of aliphatic imine (C=N–C) groups is 1. The molecule has 16 nitrogen and oxygen atoms in total. The third kappa shape index (κ3) is 13.5. The number of primary amides is 1. The Kier molecular flexibility index (Phi) is 19.5. The number of hydrogen-bond acceptors (Lipinski definition) is 13. The minimum absolute atomic E-state index is 0.115. The number of para-hydroxylation sites is 2. The van der Waals surface area contributed by atoms with Crippen molar-refractivity contribution in [2.45, 2.75) is 71.6 Å². The van der Waals surface area contributed by atoms with Crippen LogP contribution in [0.15, 0.2) is 96.0 Å². The van der Waals surface area contributed by atoms with E-state index < -0.39 is 0 Å². The van der Waals surface area contributed by atoms with E-state index in [1.165, 1.54) is 12.8 Å². The quantitative estimate of drug-likeness (QED) is 0.0532. The van der Waals surface area contributed by atoms with Crippen LogP contribution in [0.5, 0.6) is 23.0 Å². The molecule has 5 aromatic carbocycles. The van der Waals surface area contributed by atoms with E-state index >= 15 is 0 Å². The molecule has 3 N–H and O–H groups in total. The Labute approximate surface area is 429 Å². The summed E-state index contributed by atoms with van der Waals surface area (Å²) in [4.78, 5) is 50.5. The molecule has 0 bridgehead atoms. The zero-order chi connectivity index (χ0) is 51.7. The van der Waals surface area contributed by atoms with Crippen LogP contribution < -0.4 is 44.7 Å². The summed E-state index contributed by atoms with van der Waals surface area (Å²) in [5, 5.41) is 3.19. The minimum Gasteiger partial charge on any atom is -0.493 e. The van der Waals surface area contributed by atoms with Crippen molar-refractivity contribution in [2.24, 2.45) is 10.7 Å². The largest absolute Gasteiger partial charge is 0.493 e. The average molecular weight is 999 g/mol. The van der Waals surface area contributed by atoms with Crippen LogP contribution in [0, 0.1) is 0 Å². The lowest BCUT2D eigenvalue weighted by molar-refractivity contribution is -0.118. The van der Waals surface area contributed by atoms with Crippen molar-refractivity contribution < 1.29 is 47.5 Å². The van der Waals surface area contributed by atoms with E-state index in [9.17, 15) is 14.4 Å². The van der Waals surface area contributed by atoms with E-state index in [2.05, 4.69) is 24.1 Å².